The second kappa shape index (κ2) is 8.89. The molecular formula is C18H20Cl2N2O5S. The minimum absolute atomic E-state index is 0.0492. The van der Waals surface area contributed by atoms with Crippen LogP contribution in [-0.4, -0.2) is 41.3 Å². The summed E-state index contributed by atoms with van der Waals surface area (Å²) in [6, 6.07) is 7.62. The molecular weight excluding hydrogens is 427 g/mol. The molecule has 0 aliphatic heterocycles. The molecule has 0 saturated carbocycles. The van der Waals surface area contributed by atoms with E-state index < -0.39 is 15.9 Å². The van der Waals surface area contributed by atoms with E-state index in [9.17, 15) is 13.2 Å². The maximum absolute atomic E-state index is 13.0. The lowest BCUT2D eigenvalue weighted by atomic mass is 10.1. The van der Waals surface area contributed by atoms with Crippen molar-refractivity contribution in [3.05, 3.63) is 45.9 Å². The molecule has 2 aromatic rings. The van der Waals surface area contributed by atoms with Crippen molar-refractivity contribution in [1.29, 1.82) is 0 Å². The number of ether oxygens (including phenoxy) is 2. The van der Waals surface area contributed by atoms with E-state index in [0.717, 1.165) is 4.31 Å². The fourth-order valence-electron chi connectivity index (χ4n) is 2.45. The minimum atomic E-state index is -3.64. The summed E-state index contributed by atoms with van der Waals surface area (Å²) >= 11 is 12.2. The molecule has 0 fully saturated rings. The molecule has 0 radical (unpaired) electrons. The molecule has 28 heavy (non-hydrogen) atoms. The van der Waals surface area contributed by atoms with Crippen LogP contribution >= 0.6 is 23.2 Å². The Morgan fingerprint density at radius 3 is 2.14 bits per heavy atom. The van der Waals surface area contributed by atoms with E-state index in [-0.39, 0.29) is 44.2 Å². The molecule has 0 unspecified atom stereocenters. The highest BCUT2D eigenvalue weighted by atomic mass is 35.5. The van der Waals surface area contributed by atoms with Gasteiger partial charge in [-0.1, -0.05) is 29.3 Å². The number of nitrogens with zero attached hydrogens (tertiary/aromatic N) is 1. The first-order valence-electron chi connectivity index (χ1n) is 8.14. The van der Waals surface area contributed by atoms with Gasteiger partial charge in [-0.15, -0.1) is 0 Å². The highest BCUT2D eigenvalue weighted by molar-refractivity contribution is 7.92. The predicted octanol–water partition coefficient (Wildman–Crippen LogP) is 4.05. The number of hydrogen-bond acceptors (Lipinski definition) is 5. The monoisotopic (exact) mass is 446 g/mol. The second-order valence-corrected chi connectivity index (χ2v) is 8.75. The molecule has 0 spiro atoms. The molecule has 0 bridgehead atoms. The molecule has 10 heteroatoms. The number of carbonyl (C=O) groups is 1. The summed E-state index contributed by atoms with van der Waals surface area (Å²) < 4.78 is 36.3. The molecule has 0 saturated heterocycles. The quantitative estimate of drug-likeness (QED) is 0.693. The summed E-state index contributed by atoms with van der Waals surface area (Å²) in [6.45, 7) is 1.51. The van der Waals surface area contributed by atoms with E-state index in [1.54, 1.807) is 18.2 Å². The molecule has 2 rings (SSSR count). The van der Waals surface area contributed by atoms with Gasteiger partial charge in [-0.2, -0.15) is 0 Å². The Labute approximate surface area is 174 Å². The molecule has 0 aliphatic rings. The van der Waals surface area contributed by atoms with Crippen molar-refractivity contribution in [2.24, 2.45) is 0 Å². The number of hydrogen-bond donors (Lipinski definition) is 1. The largest absolute Gasteiger partial charge is 0.493 e. The van der Waals surface area contributed by atoms with Crippen molar-refractivity contribution >= 4 is 50.5 Å². The standard InChI is InChI=1S/C18H20Cl2N2O5S/c1-5-28(24,25)22(2)14-10-16(27-4)15(26-3)9-11(14)18(23)21-17-12(19)7-6-8-13(17)20/h6-10H,5H2,1-4H3,(H,21,23). The predicted molar refractivity (Wildman–Crippen MR) is 112 cm³/mol. The molecule has 152 valence electrons. The van der Waals surface area contributed by atoms with Gasteiger partial charge in [0.15, 0.2) is 11.5 Å². The maximum Gasteiger partial charge on any atom is 0.258 e. The van der Waals surface area contributed by atoms with Crippen molar-refractivity contribution < 1.29 is 22.7 Å². The average Bonchev–Trinajstić information content (AvgIpc) is 2.68. The number of nitrogens with one attached hydrogen (secondary N) is 1. The topological polar surface area (TPSA) is 84.9 Å². The van der Waals surface area contributed by atoms with Crippen LogP contribution in [0.2, 0.25) is 10.0 Å². The second-order valence-electron chi connectivity index (χ2n) is 5.64. The van der Waals surface area contributed by atoms with Crippen LogP contribution in [0.4, 0.5) is 11.4 Å². The SMILES string of the molecule is CCS(=O)(=O)N(C)c1cc(OC)c(OC)cc1C(=O)Nc1c(Cl)cccc1Cl. The Kier molecular flexibility index (Phi) is 7.03. The molecule has 7 nitrogen and oxygen atoms in total. The summed E-state index contributed by atoms with van der Waals surface area (Å²) in [4.78, 5) is 13.0. The lowest BCUT2D eigenvalue weighted by Crippen LogP contribution is -2.30. The number of methoxy groups -OCH3 is 2. The van der Waals surface area contributed by atoms with Crippen molar-refractivity contribution in [2.45, 2.75) is 6.92 Å². The number of para-hydroxylation sites is 1. The minimum Gasteiger partial charge on any atom is -0.493 e. The number of halogens is 2. The van der Waals surface area contributed by atoms with Gasteiger partial charge < -0.3 is 14.8 Å². The number of benzene rings is 2. The van der Waals surface area contributed by atoms with Crippen molar-refractivity contribution in [2.75, 3.05) is 36.6 Å². The Bertz CT molecular complexity index is 975. The Balaban J connectivity index is 2.62. The van der Waals surface area contributed by atoms with Crippen LogP contribution in [0.3, 0.4) is 0 Å². The lowest BCUT2D eigenvalue weighted by Gasteiger charge is -2.23. The van der Waals surface area contributed by atoms with Gasteiger partial charge in [-0.25, -0.2) is 8.42 Å². The van der Waals surface area contributed by atoms with E-state index in [2.05, 4.69) is 5.32 Å². The molecule has 1 amide bonds. The smallest absolute Gasteiger partial charge is 0.258 e. The molecule has 2 aromatic carbocycles. The van der Waals surface area contributed by atoms with Crippen LogP contribution in [0.1, 0.15) is 17.3 Å². The van der Waals surface area contributed by atoms with Crippen LogP contribution in [0.25, 0.3) is 0 Å². The third-order valence-electron chi connectivity index (χ3n) is 4.07. The summed E-state index contributed by atoms with van der Waals surface area (Å²) in [5.74, 6) is -0.203. The summed E-state index contributed by atoms with van der Waals surface area (Å²) in [6.07, 6.45) is 0. The van der Waals surface area contributed by atoms with E-state index in [1.165, 1.54) is 40.3 Å². The highest BCUT2D eigenvalue weighted by Crippen LogP contribution is 2.37. The highest BCUT2D eigenvalue weighted by Gasteiger charge is 2.25. The number of anilines is 2. The zero-order valence-corrected chi connectivity index (χ0v) is 18.1. The van der Waals surface area contributed by atoms with Crippen LogP contribution < -0.4 is 19.1 Å². The van der Waals surface area contributed by atoms with E-state index >= 15 is 0 Å². The van der Waals surface area contributed by atoms with Gasteiger partial charge in [0.25, 0.3) is 5.91 Å². The number of sulfonamides is 1. The van der Waals surface area contributed by atoms with Crippen LogP contribution in [0.15, 0.2) is 30.3 Å². The van der Waals surface area contributed by atoms with Gasteiger partial charge in [0.1, 0.15) is 0 Å². The molecule has 1 N–H and O–H groups in total. The van der Waals surface area contributed by atoms with Gasteiger partial charge in [0, 0.05) is 13.1 Å². The van der Waals surface area contributed by atoms with Crippen molar-refractivity contribution in [1.82, 2.24) is 0 Å². The first-order valence-corrected chi connectivity index (χ1v) is 10.5. The van der Waals surface area contributed by atoms with E-state index in [0.29, 0.717) is 0 Å². The van der Waals surface area contributed by atoms with Gasteiger partial charge in [0.05, 0.1) is 47.0 Å². The van der Waals surface area contributed by atoms with Gasteiger partial charge in [-0.3, -0.25) is 9.10 Å². The Hall–Kier alpha value is -2.16. The third kappa shape index (κ3) is 4.45. The fraction of sp³-hybridized carbons (Fsp3) is 0.278. The number of rotatable bonds is 7. The Morgan fingerprint density at radius 2 is 1.64 bits per heavy atom. The molecule has 0 heterocycles. The normalized spacial score (nSPS) is 11.1. The average molecular weight is 447 g/mol. The van der Waals surface area contributed by atoms with Crippen LogP contribution in [0.5, 0.6) is 11.5 Å². The fourth-order valence-corrected chi connectivity index (χ4v) is 3.78. The van der Waals surface area contributed by atoms with Crippen LogP contribution in [0, 0.1) is 0 Å². The Morgan fingerprint density at radius 1 is 1.11 bits per heavy atom. The summed E-state index contributed by atoms with van der Waals surface area (Å²) in [5.41, 5.74) is 0.394. The van der Waals surface area contributed by atoms with Crippen molar-refractivity contribution in [3.8, 4) is 11.5 Å². The zero-order chi connectivity index (χ0) is 21.1. The van der Waals surface area contributed by atoms with Crippen molar-refractivity contribution in [3.63, 3.8) is 0 Å². The molecule has 0 aliphatic carbocycles. The lowest BCUT2D eigenvalue weighted by molar-refractivity contribution is 0.102. The molecule has 0 aromatic heterocycles. The zero-order valence-electron chi connectivity index (χ0n) is 15.7. The van der Waals surface area contributed by atoms with Gasteiger partial charge in [-0.05, 0) is 25.1 Å². The van der Waals surface area contributed by atoms with E-state index in [1.807, 2.05) is 0 Å². The van der Waals surface area contributed by atoms with Gasteiger partial charge in [0.2, 0.25) is 10.0 Å². The van der Waals surface area contributed by atoms with E-state index in [4.69, 9.17) is 32.7 Å². The van der Waals surface area contributed by atoms with Crippen LogP contribution in [-0.2, 0) is 10.0 Å². The van der Waals surface area contributed by atoms with Gasteiger partial charge >= 0.3 is 0 Å². The first-order chi connectivity index (χ1) is 13.2. The summed E-state index contributed by atoms with van der Waals surface area (Å²) in [7, 11) is 0.554. The first kappa shape index (κ1) is 22.1. The maximum atomic E-state index is 13.0. The number of carbonyl (C=O) groups excluding carboxylic acids is 1. The number of amides is 1. The summed E-state index contributed by atoms with van der Waals surface area (Å²) in [5, 5.41) is 3.12. The third-order valence-corrected chi connectivity index (χ3v) is 6.46. The molecule has 0 atom stereocenters.